The van der Waals surface area contributed by atoms with E-state index < -0.39 is 0 Å². The third-order valence-electron chi connectivity index (χ3n) is 4.45. The minimum absolute atomic E-state index is 0.0183. The number of nitrogens with zero attached hydrogens (tertiary/aromatic N) is 2. The van der Waals surface area contributed by atoms with Gasteiger partial charge in [-0.05, 0) is 42.8 Å². The van der Waals surface area contributed by atoms with E-state index in [1.54, 1.807) is 20.3 Å². The van der Waals surface area contributed by atoms with E-state index in [2.05, 4.69) is 23.8 Å². The predicted molar refractivity (Wildman–Crippen MR) is 93.1 cm³/mol. The van der Waals surface area contributed by atoms with Crippen LogP contribution < -0.4 is 9.47 Å². The first kappa shape index (κ1) is 16.2. The summed E-state index contributed by atoms with van der Waals surface area (Å²) in [6.07, 6.45) is 5.49. The highest BCUT2D eigenvalue weighted by molar-refractivity contribution is 5.92. The van der Waals surface area contributed by atoms with Gasteiger partial charge in [-0.25, -0.2) is 0 Å². The highest BCUT2D eigenvalue weighted by Crippen LogP contribution is 2.28. The Hall–Kier alpha value is -2.69. The molecule has 2 heterocycles. The molecule has 126 valence electrons. The Morgan fingerprint density at radius 2 is 1.96 bits per heavy atom. The topological polar surface area (TPSA) is 43.7 Å². The summed E-state index contributed by atoms with van der Waals surface area (Å²) >= 11 is 0. The first-order valence-electron chi connectivity index (χ1n) is 8.00. The Labute approximate surface area is 142 Å². The van der Waals surface area contributed by atoms with Gasteiger partial charge in [0.05, 0.1) is 20.3 Å². The van der Waals surface area contributed by atoms with Gasteiger partial charge in [-0.3, -0.25) is 4.79 Å². The highest BCUT2D eigenvalue weighted by Gasteiger charge is 2.25. The lowest BCUT2D eigenvalue weighted by Crippen LogP contribution is -2.39. The molecule has 2 aromatic rings. The summed E-state index contributed by atoms with van der Waals surface area (Å²) in [7, 11) is 3.20. The molecular formula is C19H22N2O3. The lowest BCUT2D eigenvalue weighted by Gasteiger charge is -2.34. The zero-order valence-electron chi connectivity index (χ0n) is 14.2. The van der Waals surface area contributed by atoms with Gasteiger partial charge in [0.1, 0.15) is 0 Å². The van der Waals surface area contributed by atoms with Gasteiger partial charge in [0.15, 0.2) is 11.5 Å². The summed E-state index contributed by atoms with van der Waals surface area (Å²) in [5.74, 6) is 1.34. The molecule has 0 radical (unpaired) electrons. The molecule has 1 aromatic carbocycles. The molecular weight excluding hydrogens is 304 g/mol. The number of hydrogen-bond donors (Lipinski definition) is 0. The predicted octanol–water partition coefficient (Wildman–Crippen LogP) is 3.12. The summed E-state index contributed by atoms with van der Waals surface area (Å²) < 4.78 is 12.7. The number of hydrogen-bond acceptors (Lipinski definition) is 3. The SMILES string of the molecule is COc1ccc(/C=C/C(=O)N2CCn3cccc3[C@@H]2C)cc1OC. The zero-order valence-corrected chi connectivity index (χ0v) is 14.2. The van der Waals surface area contributed by atoms with Crippen molar-refractivity contribution in [3.05, 3.63) is 53.9 Å². The number of methoxy groups -OCH3 is 2. The fourth-order valence-corrected chi connectivity index (χ4v) is 3.10. The van der Waals surface area contributed by atoms with Crippen molar-refractivity contribution in [3.63, 3.8) is 0 Å². The fourth-order valence-electron chi connectivity index (χ4n) is 3.10. The number of ether oxygens (including phenoxy) is 2. The number of carbonyl (C=O) groups excluding carboxylic acids is 1. The molecule has 5 nitrogen and oxygen atoms in total. The summed E-state index contributed by atoms with van der Waals surface area (Å²) in [6.45, 7) is 3.62. The van der Waals surface area contributed by atoms with Crippen LogP contribution in [0.1, 0.15) is 24.2 Å². The second kappa shape index (κ2) is 6.83. The number of carbonyl (C=O) groups is 1. The Balaban J connectivity index is 1.74. The average molecular weight is 326 g/mol. The van der Waals surface area contributed by atoms with E-state index in [1.165, 1.54) is 5.69 Å². The number of benzene rings is 1. The third kappa shape index (κ3) is 3.02. The molecule has 1 atom stereocenters. The second-order valence-electron chi connectivity index (χ2n) is 5.78. The van der Waals surface area contributed by atoms with Crippen LogP contribution in [-0.4, -0.2) is 36.1 Å². The molecule has 0 aliphatic carbocycles. The molecule has 0 saturated heterocycles. The molecule has 1 amide bonds. The number of aromatic nitrogens is 1. The minimum atomic E-state index is 0.0183. The van der Waals surface area contributed by atoms with Crippen molar-refractivity contribution in [1.29, 1.82) is 0 Å². The number of rotatable bonds is 4. The molecule has 0 unspecified atom stereocenters. The number of fused-ring (bicyclic) bond motifs is 1. The molecule has 24 heavy (non-hydrogen) atoms. The van der Waals surface area contributed by atoms with E-state index in [0.717, 1.165) is 18.7 Å². The van der Waals surface area contributed by atoms with E-state index in [4.69, 9.17) is 9.47 Å². The lowest BCUT2D eigenvalue weighted by molar-refractivity contribution is -0.129. The van der Waals surface area contributed by atoms with Crippen molar-refractivity contribution in [2.45, 2.75) is 19.5 Å². The van der Waals surface area contributed by atoms with Crippen molar-refractivity contribution in [1.82, 2.24) is 9.47 Å². The molecule has 1 aromatic heterocycles. The maximum atomic E-state index is 12.6. The highest BCUT2D eigenvalue weighted by atomic mass is 16.5. The minimum Gasteiger partial charge on any atom is -0.493 e. The van der Waals surface area contributed by atoms with Crippen LogP contribution in [0.4, 0.5) is 0 Å². The average Bonchev–Trinajstić information content (AvgIpc) is 3.09. The Morgan fingerprint density at radius 1 is 1.17 bits per heavy atom. The third-order valence-corrected chi connectivity index (χ3v) is 4.45. The van der Waals surface area contributed by atoms with Crippen LogP contribution in [0.15, 0.2) is 42.6 Å². The Bertz CT molecular complexity index is 764. The van der Waals surface area contributed by atoms with E-state index in [9.17, 15) is 4.79 Å². The summed E-state index contributed by atoms with van der Waals surface area (Å²) in [4.78, 5) is 14.5. The summed E-state index contributed by atoms with van der Waals surface area (Å²) in [5, 5.41) is 0. The van der Waals surface area contributed by atoms with Gasteiger partial charge in [0, 0.05) is 31.1 Å². The standard InChI is InChI=1S/C19H22N2O3/c1-14-16-5-4-10-20(16)11-12-21(14)19(22)9-7-15-6-8-17(23-2)18(13-15)24-3/h4-10,13-14H,11-12H2,1-3H3/b9-7+/t14-/m0/s1. The lowest BCUT2D eigenvalue weighted by atomic mass is 10.1. The van der Waals surface area contributed by atoms with Crippen LogP contribution in [0.25, 0.3) is 6.08 Å². The molecule has 1 aliphatic rings. The van der Waals surface area contributed by atoms with Crippen LogP contribution in [-0.2, 0) is 11.3 Å². The van der Waals surface area contributed by atoms with Crippen LogP contribution in [0.5, 0.6) is 11.5 Å². The van der Waals surface area contributed by atoms with Crippen molar-refractivity contribution >= 4 is 12.0 Å². The first-order valence-corrected chi connectivity index (χ1v) is 8.00. The summed E-state index contributed by atoms with van der Waals surface area (Å²) in [5.41, 5.74) is 2.07. The largest absolute Gasteiger partial charge is 0.493 e. The van der Waals surface area contributed by atoms with Crippen molar-refractivity contribution in [2.24, 2.45) is 0 Å². The maximum absolute atomic E-state index is 12.6. The fraction of sp³-hybridized carbons (Fsp3) is 0.316. The molecule has 0 N–H and O–H groups in total. The normalized spacial score (nSPS) is 17.0. The Kier molecular flexibility index (Phi) is 4.60. The van der Waals surface area contributed by atoms with Crippen molar-refractivity contribution in [2.75, 3.05) is 20.8 Å². The molecule has 5 heteroatoms. The first-order chi connectivity index (χ1) is 11.6. The van der Waals surface area contributed by atoms with Gasteiger partial charge < -0.3 is 18.9 Å². The molecule has 0 fully saturated rings. The molecule has 0 spiro atoms. The molecule has 1 aliphatic heterocycles. The molecule has 0 saturated carbocycles. The van der Waals surface area contributed by atoms with Crippen LogP contribution in [0.3, 0.4) is 0 Å². The van der Waals surface area contributed by atoms with Crippen LogP contribution >= 0.6 is 0 Å². The smallest absolute Gasteiger partial charge is 0.247 e. The zero-order chi connectivity index (χ0) is 17.1. The van der Waals surface area contributed by atoms with Gasteiger partial charge in [-0.2, -0.15) is 0 Å². The van der Waals surface area contributed by atoms with Gasteiger partial charge in [0.25, 0.3) is 0 Å². The van der Waals surface area contributed by atoms with E-state index in [1.807, 2.05) is 35.2 Å². The van der Waals surface area contributed by atoms with Crippen LogP contribution in [0, 0.1) is 0 Å². The van der Waals surface area contributed by atoms with Gasteiger partial charge in [-0.15, -0.1) is 0 Å². The van der Waals surface area contributed by atoms with E-state index >= 15 is 0 Å². The van der Waals surface area contributed by atoms with E-state index in [-0.39, 0.29) is 11.9 Å². The Morgan fingerprint density at radius 3 is 2.71 bits per heavy atom. The van der Waals surface area contributed by atoms with Crippen molar-refractivity contribution < 1.29 is 14.3 Å². The van der Waals surface area contributed by atoms with Crippen molar-refractivity contribution in [3.8, 4) is 11.5 Å². The molecule has 3 rings (SSSR count). The monoisotopic (exact) mass is 326 g/mol. The second-order valence-corrected chi connectivity index (χ2v) is 5.78. The summed E-state index contributed by atoms with van der Waals surface area (Å²) in [6, 6.07) is 9.76. The van der Waals surface area contributed by atoms with E-state index in [0.29, 0.717) is 11.5 Å². The quantitative estimate of drug-likeness (QED) is 0.811. The van der Waals surface area contributed by atoms with Gasteiger partial charge in [0.2, 0.25) is 5.91 Å². The van der Waals surface area contributed by atoms with Crippen LogP contribution in [0.2, 0.25) is 0 Å². The maximum Gasteiger partial charge on any atom is 0.247 e. The van der Waals surface area contributed by atoms with Gasteiger partial charge >= 0.3 is 0 Å². The number of amides is 1. The molecule has 0 bridgehead atoms. The van der Waals surface area contributed by atoms with Gasteiger partial charge in [-0.1, -0.05) is 6.07 Å².